The van der Waals surface area contributed by atoms with Crippen molar-refractivity contribution in [3.8, 4) is 0 Å². The van der Waals surface area contributed by atoms with Gasteiger partial charge in [-0.2, -0.15) is 0 Å². The molecule has 0 fully saturated rings. The molecule has 0 unspecified atom stereocenters. The van der Waals surface area contributed by atoms with Gasteiger partial charge in [0.1, 0.15) is 6.54 Å². The molecule has 1 amide bonds. The lowest BCUT2D eigenvalue weighted by molar-refractivity contribution is -0.116. The summed E-state index contributed by atoms with van der Waals surface area (Å²) in [5, 5.41) is 4.37. The predicted octanol–water partition coefficient (Wildman–Crippen LogP) is 5.63. The number of fused-ring (bicyclic) bond motifs is 1. The number of anilines is 1. The number of nitrogens with zero attached hydrogens (tertiary/aromatic N) is 3. The van der Waals surface area contributed by atoms with Gasteiger partial charge < -0.3 is 9.88 Å². The number of hydrogen-bond acceptors (Lipinski definition) is 4. The number of benzene rings is 2. The maximum Gasteiger partial charge on any atom is 0.244 e. The molecule has 1 N–H and O–H groups in total. The van der Waals surface area contributed by atoms with Gasteiger partial charge in [-0.1, -0.05) is 59.3 Å². The van der Waals surface area contributed by atoms with Crippen LogP contribution in [0.2, 0.25) is 5.02 Å². The van der Waals surface area contributed by atoms with Gasteiger partial charge in [-0.3, -0.25) is 9.78 Å². The Morgan fingerprint density at radius 3 is 2.83 bits per heavy atom. The monoisotopic (exact) mass is 436 g/mol. The van der Waals surface area contributed by atoms with Crippen LogP contribution in [0.15, 0.2) is 66.1 Å². The molecule has 4 aromatic rings. The van der Waals surface area contributed by atoms with Crippen molar-refractivity contribution in [2.75, 3.05) is 5.32 Å². The largest absolute Gasteiger partial charge is 0.324 e. The minimum absolute atomic E-state index is 0.138. The van der Waals surface area contributed by atoms with Crippen molar-refractivity contribution >= 4 is 46.0 Å². The highest BCUT2D eigenvalue weighted by molar-refractivity contribution is 7.98. The van der Waals surface area contributed by atoms with Crippen molar-refractivity contribution in [2.24, 2.45) is 0 Å². The third-order valence-corrected chi connectivity index (χ3v) is 6.27. The summed E-state index contributed by atoms with van der Waals surface area (Å²) in [5.41, 5.74) is 5.66. The molecule has 30 heavy (non-hydrogen) atoms. The molecule has 7 heteroatoms. The van der Waals surface area contributed by atoms with Crippen LogP contribution in [0.25, 0.3) is 11.0 Å². The summed E-state index contributed by atoms with van der Waals surface area (Å²) in [5.74, 6) is 0.633. The minimum Gasteiger partial charge on any atom is -0.324 e. The van der Waals surface area contributed by atoms with E-state index >= 15 is 0 Å². The number of carbonyl (C=O) groups excluding carboxylic acids is 1. The number of pyridine rings is 1. The van der Waals surface area contributed by atoms with Crippen LogP contribution in [0.1, 0.15) is 16.7 Å². The average molecular weight is 437 g/mol. The van der Waals surface area contributed by atoms with Gasteiger partial charge in [0.2, 0.25) is 5.91 Å². The summed E-state index contributed by atoms with van der Waals surface area (Å²) in [7, 11) is 0. The van der Waals surface area contributed by atoms with E-state index < -0.39 is 0 Å². The first-order valence-electron chi connectivity index (χ1n) is 9.55. The minimum atomic E-state index is -0.138. The molecule has 2 aromatic heterocycles. The SMILES string of the molecule is Cc1cccc(CSc2nc3ccncc3n2CC(=O)Nc2cccc(Cl)c2C)c1. The molecule has 0 bridgehead atoms. The second-order valence-corrected chi connectivity index (χ2v) is 8.43. The number of halogens is 1. The molecule has 0 aliphatic rings. The van der Waals surface area contributed by atoms with E-state index in [-0.39, 0.29) is 12.5 Å². The van der Waals surface area contributed by atoms with Gasteiger partial charge in [0.05, 0.1) is 17.2 Å². The lowest BCUT2D eigenvalue weighted by Crippen LogP contribution is -2.19. The maximum atomic E-state index is 12.8. The Morgan fingerprint density at radius 1 is 1.17 bits per heavy atom. The van der Waals surface area contributed by atoms with Crippen molar-refractivity contribution in [3.05, 3.63) is 82.6 Å². The van der Waals surface area contributed by atoms with Crippen LogP contribution in [-0.2, 0) is 17.1 Å². The fourth-order valence-electron chi connectivity index (χ4n) is 3.24. The van der Waals surface area contributed by atoms with Crippen LogP contribution in [0.3, 0.4) is 0 Å². The van der Waals surface area contributed by atoms with E-state index in [1.165, 1.54) is 11.1 Å². The number of thioether (sulfide) groups is 1. The van der Waals surface area contributed by atoms with Gasteiger partial charge in [0.25, 0.3) is 0 Å². The summed E-state index contributed by atoms with van der Waals surface area (Å²) in [6.07, 6.45) is 3.46. The molecular weight excluding hydrogens is 416 g/mol. The Bertz CT molecular complexity index is 1220. The van der Waals surface area contributed by atoms with Crippen molar-refractivity contribution < 1.29 is 4.79 Å². The molecular formula is C23H21ClN4OS. The summed E-state index contributed by atoms with van der Waals surface area (Å²) in [4.78, 5) is 21.8. The van der Waals surface area contributed by atoms with Gasteiger partial charge in [0, 0.05) is 22.7 Å². The van der Waals surface area contributed by atoms with E-state index in [0.29, 0.717) is 10.7 Å². The topological polar surface area (TPSA) is 59.8 Å². The number of aryl methyl sites for hydroxylation is 1. The van der Waals surface area contributed by atoms with Crippen LogP contribution >= 0.6 is 23.4 Å². The summed E-state index contributed by atoms with van der Waals surface area (Å²) < 4.78 is 1.91. The number of rotatable bonds is 6. The first kappa shape index (κ1) is 20.4. The standard InChI is InChI=1S/C23H21ClN4OS/c1-15-5-3-6-17(11-15)14-30-23-27-20-9-10-25-12-21(20)28(23)13-22(29)26-19-8-4-7-18(24)16(19)2/h3-12H,13-14H2,1-2H3,(H,26,29). The molecule has 0 saturated heterocycles. The lowest BCUT2D eigenvalue weighted by atomic mass is 10.2. The van der Waals surface area contributed by atoms with Crippen molar-refractivity contribution in [1.29, 1.82) is 0 Å². The van der Waals surface area contributed by atoms with E-state index in [1.807, 2.05) is 35.8 Å². The number of amides is 1. The highest BCUT2D eigenvalue weighted by Gasteiger charge is 2.15. The highest BCUT2D eigenvalue weighted by Crippen LogP contribution is 2.27. The predicted molar refractivity (Wildman–Crippen MR) is 123 cm³/mol. The molecule has 5 nitrogen and oxygen atoms in total. The molecule has 152 valence electrons. The molecule has 4 rings (SSSR count). The zero-order valence-corrected chi connectivity index (χ0v) is 18.3. The lowest BCUT2D eigenvalue weighted by Gasteiger charge is -2.12. The molecule has 2 aromatic carbocycles. The normalized spacial score (nSPS) is 11.0. The van der Waals surface area contributed by atoms with E-state index in [9.17, 15) is 4.79 Å². The van der Waals surface area contributed by atoms with Crippen LogP contribution in [0.4, 0.5) is 5.69 Å². The summed E-state index contributed by atoms with van der Waals surface area (Å²) in [6.45, 7) is 4.11. The Morgan fingerprint density at radius 2 is 2.00 bits per heavy atom. The van der Waals surface area contributed by atoms with Crippen molar-refractivity contribution in [2.45, 2.75) is 31.3 Å². The zero-order valence-electron chi connectivity index (χ0n) is 16.7. The molecule has 0 saturated carbocycles. The molecule has 2 heterocycles. The quantitative estimate of drug-likeness (QED) is 0.398. The second-order valence-electron chi connectivity index (χ2n) is 7.08. The van der Waals surface area contributed by atoms with Crippen LogP contribution < -0.4 is 5.32 Å². The Balaban J connectivity index is 1.58. The van der Waals surface area contributed by atoms with Crippen molar-refractivity contribution in [3.63, 3.8) is 0 Å². The van der Waals surface area contributed by atoms with E-state index in [2.05, 4.69) is 41.5 Å². The van der Waals surface area contributed by atoms with Crippen LogP contribution in [0.5, 0.6) is 0 Å². The van der Waals surface area contributed by atoms with E-state index in [4.69, 9.17) is 16.6 Å². The fourth-order valence-corrected chi connectivity index (χ4v) is 4.37. The molecule has 0 radical (unpaired) electrons. The maximum absolute atomic E-state index is 12.8. The van der Waals surface area contributed by atoms with Gasteiger partial charge >= 0.3 is 0 Å². The number of imidazole rings is 1. The smallest absolute Gasteiger partial charge is 0.244 e. The number of aromatic nitrogens is 3. The number of nitrogens with one attached hydrogen (secondary N) is 1. The summed E-state index contributed by atoms with van der Waals surface area (Å²) in [6, 6.07) is 15.7. The average Bonchev–Trinajstić information content (AvgIpc) is 3.07. The van der Waals surface area contributed by atoms with Crippen LogP contribution in [-0.4, -0.2) is 20.4 Å². The van der Waals surface area contributed by atoms with Gasteiger partial charge in [-0.25, -0.2) is 4.98 Å². The van der Waals surface area contributed by atoms with Crippen molar-refractivity contribution in [1.82, 2.24) is 14.5 Å². The molecule has 0 aliphatic heterocycles. The molecule has 0 spiro atoms. The molecule has 0 atom stereocenters. The third kappa shape index (κ3) is 4.50. The van der Waals surface area contributed by atoms with Gasteiger partial charge in [-0.15, -0.1) is 0 Å². The first-order chi connectivity index (χ1) is 14.5. The highest BCUT2D eigenvalue weighted by atomic mass is 35.5. The van der Waals surface area contributed by atoms with Gasteiger partial charge in [0.15, 0.2) is 5.16 Å². The van der Waals surface area contributed by atoms with E-state index in [0.717, 1.165) is 27.5 Å². The summed E-state index contributed by atoms with van der Waals surface area (Å²) >= 11 is 7.79. The zero-order chi connectivity index (χ0) is 21.1. The first-order valence-corrected chi connectivity index (χ1v) is 10.9. The Labute approximate surface area is 184 Å². The molecule has 0 aliphatic carbocycles. The van der Waals surface area contributed by atoms with Gasteiger partial charge in [-0.05, 0) is 43.2 Å². The van der Waals surface area contributed by atoms with Crippen LogP contribution in [0, 0.1) is 13.8 Å². The Hall–Kier alpha value is -2.83. The third-order valence-electron chi connectivity index (χ3n) is 4.81. The van der Waals surface area contributed by atoms with E-state index in [1.54, 1.807) is 24.2 Å². The fraction of sp³-hybridized carbons (Fsp3) is 0.174. The number of carbonyl (C=O) groups is 1. The second kappa shape index (κ2) is 8.90. The Kier molecular flexibility index (Phi) is 6.06. The number of hydrogen-bond donors (Lipinski definition) is 1.